The maximum absolute atomic E-state index is 12.5. The largest absolute Gasteiger partial charge is 0.383 e. The highest BCUT2D eigenvalue weighted by atomic mass is 32.2. The molecule has 1 aliphatic heterocycles. The number of nitrogens with one attached hydrogen (secondary N) is 1. The fraction of sp³-hybridized carbons (Fsp3) is 0.538. The highest BCUT2D eigenvalue weighted by Gasteiger charge is 2.36. The molecule has 1 unspecified atom stereocenters. The average Bonchev–Trinajstić information content (AvgIpc) is 2.13. The van der Waals surface area contributed by atoms with E-state index in [9.17, 15) is 8.42 Å². The van der Waals surface area contributed by atoms with Gasteiger partial charge in [-0.1, -0.05) is 19.9 Å². The van der Waals surface area contributed by atoms with Crippen LogP contribution in [-0.2, 0) is 9.84 Å². The molecule has 1 N–H and O–H groups in total. The number of fused-ring (bicyclic) bond motifs is 1. The lowest BCUT2D eigenvalue weighted by Gasteiger charge is -2.30. The molecule has 1 aliphatic rings. The zero-order chi connectivity index (χ0) is 12.8. The Morgan fingerprint density at radius 3 is 2.53 bits per heavy atom. The summed E-state index contributed by atoms with van der Waals surface area (Å²) >= 11 is 0. The van der Waals surface area contributed by atoms with Crippen LogP contribution in [0.4, 0.5) is 5.69 Å². The SMILES string of the molecule is Cc1cc(C)c2c(c1)NCC(C(C)C)S2(=O)=O. The summed E-state index contributed by atoms with van der Waals surface area (Å²) in [4.78, 5) is 0.494. The first-order valence-electron chi connectivity index (χ1n) is 5.93. The van der Waals surface area contributed by atoms with Gasteiger partial charge in [0.1, 0.15) is 0 Å². The first-order chi connectivity index (χ1) is 7.84. The lowest BCUT2D eigenvalue weighted by Crippen LogP contribution is -2.38. The first kappa shape index (κ1) is 12.4. The van der Waals surface area contributed by atoms with E-state index in [0.29, 0.717) is 11.4 Å². The first-order valence-corrected chi connectivity index (χ1v) is 7.47. The van der Waals surface area contributed by atoms with Gasteiger partial charge in [0, 0.05) is 6.54 Å². The summed E-state index contributed by atoms with van der Waals surface area (Å²) in [6.45, 7) is 8.27. The molecule has 94 valence electrons. The van der Waals surface area contributed by atoms with Crippen LogP contribution in [0.25, 0.3) is 0 Å². The topological polar surface area (TPSA) is 46.2 Å². The second kappa shape index (κ2) is 4.02. The van der Waals surface area contributed by atoms with E-state index in [1.165, 1.54) is 0 Å². The number of rotatable bonds is 1. The van der Waals surface area contributed by atoms with E-state index >= 15 is 0 Å². The highest BCUT2D eigenvalue weighted by Crippen LogP contribution is 2.35. The molecular weight excluding hydrogens is 234 g/mol. The Balaban J connectivity index is 2.65. The number of hydrogen-bond donors (Lipinski definition) is 1. The van der Waals surface area contributed by atoms with Crippen molar-refractivity contribution in [3.8, 4) is 0 Å². The van der Waals surface area contributed by atoms with E-state index in [1.54, 1.807) is 0 Å². The predicted octanol–water partition coefficient (Wildman–Crippen LogP) is 2.53. The minimum atomic E-state index is -3.19. The van der Waals surface area contributed by atoms with E-state index in [2.05, 4.69) is 5.32 Å². The van der Waals surface area contributed by atoms with Crippen LogP contribution in [0.15, 0.2) is 17.0 Å². The van der Waals surface area contributed by atoms with Crippen LogP contribution < -0.4 is 5.32 Å². The predicted molar refractivity (Wildman–Crippen MR) is 70.2 cm³/mol. The van der Waals surface area contributed by atoms with Gasteiger partial charge in [-0.15, -0.1) is 0 Å². The Labute approximate surface area is 103 Å². The molecule has 0 fully saturated rings. The van der Waals surface area contributed by atoms with Gasteiger partial charge in [0.05, 0.1) is 15.8 Å². The molecule has 0 saturated heterocycles. The monoisotopic (exact) mass is 253 g/mol. The molecule has 0 bridgehead atoms. The van der Waals surface area contributed by atoms with Crippen LogP contribution in [0.2, 0.25) is 0 Å². The van der Waals surface area contributed by atoms with Crippen molar-refractivity contribution in [3.63, 3.8) is 0 Å². The molecule has 1 heterocycles. The van der Waals surface area contributed by atoms with Crippen molar-refractivity contribution >= 4 is 15.5 Å². The van der Waals surface area contributed by atoms with Gasteiger partial charge in [0.25, 0.3) is 0 Å². The molecule has 0 radical (unpaired) electrons. The molecule has 0 saturated carbocycles. The van der Waals surface area contributed by atoms with Gasteiger partial charge in [-0.05, 0) is 37.0 Å². The van der Waals surface area contributed by atoms with Gasteiger partial charge < -0.3 is 5.32 Å². The molecule has 0 spiro atoms. The van der Waals surface area contributed by atoms with E-state index in [4.69, 9.17) is 0 Å². The van der Waals surface area contributed by atoms with Crippen molar-refractivity contribution in [2.24, 2.45) is 5.92 Å². The third-order valence-electron chi connectivity index (χ3n) is 3.34. The molecule has 1 atom stereocenters. The van der Waals surface area contributed by atoms with Crippen molar-refractivity contribution in [2.45, 2.75) is 37.8 Å². The zero-order valence-corrected chi connectivity index (χ0v) is 11.6. The maximum Gasteiger partial charge on any atom is 0.185 e. The summed E-state index contributed by atoms with van der Waals surface area (Å²) in [7, 11) is -3.19. The van der Waals surface area contributed by atoms with Crippen molar-refractivity contribution in [1.29, 1.82) is 0 Å². The number of benzene rings is 1. The lowest BCUT2D eigenvalue weighted by atomic mass is 10.1. The number of anilines is 1. The van der Waals surface area contributed by atoms with Gasteiger partial charge in [0.2, 0.25) is 0 Å². The quantitative estimate of drug-likeness (QED) is 0.836. The summed E-state index contributed by atoms with van der Waals surface area (Å²) in [5, 5.41) is 2.93. The van der Waals surface area contributed by atoms with E-state index in [-0.39, 0.29) is 11.2 Å². The van der Waals surface area contributed by atoms with Gasteiger partial charge in [-0.3, -0.25) is 0 Å². The van der Waals surface area contributed by atoms with Crippen molar-refractivity contribution in [3.05, 3.63) is 23.3 Å². The Kier molecular flexibility index (Phi) is 2.94. The normalized spacial score (nSPS) is 22.1. The fourth-order valence-corrected chi connectivity index (χ4v) is 4.80. The molecule has 17 heavy (non-hydrogen) atoms. The third kappa shape index (κ3) is 1.95. The summed E-state index contributed by atoms with van der Waals surface area (Å²) in [5.41, 5.74) is 2.70. The van der Waals surface area contributed by atoms with Gasteiger partial charge in [-0.25, -0.2) is 8.42 Å². The lowest BCUT2D eigenvalue weighted by molar-refractivity contribution is 0.532. The summed E-state index contributed by atoms with van der Waals surface area (Å²) in [6, 6.07) is 3.84. The van der Waals surface area contributed by atoms with Crippen LogP contribution in [0.1, 0.15) is 25.0 Å². The van der Waals surface area contributed by atoms with Crippen LogP contribution in [0.3, 0.4) is 0 Å². The maximum atomic E-state index is 12.5. The van der Waals surface area contributed by atoms with Crippen molar-refractivity contribution in [1.82, 2.24) is 0 Å². The fourth-order valence-electron chi connectivity index (χ4n) is 2.53. The molecular formula is C13H19NO2S. The Morgan fingerprint density at radius 1 is 1.29 bits per heavy atom. The Hall–Kier alpha value is -1.03. The number of aryl methyl sites for hydroxylation is 2. The van der Waals surface area contributed by atoms with Crippen LogP contribution in [0, 0.1) is 19.8 Å². The van der Waals surface area contributed by atoms with Crippen LogP contribution in [-0.4, -0.2) is 20.2 Å². The minimum absolute atomic E-state index is 0.126. The van der Waals surface area contributed by atoms with E-state index in [0.717, 1.165) is 16.8 Å². The summed E-state index contributed by atoms with van der Waals surface area (Å²) in [5.74, 6) is 0.126. The molecule has 0 aromatic heterocycles. The number of hydrogen-bond acceptors (Lipinski definition) is 3. The second-order valence-corrected chi connectivity index (χ2v) is 7.27. The molecule has 3 nitrogen and oxygen atoms in total. The Bertz CT molecular complexity index is 547. The van der Waals surface area contributed by atoms with Crippen molar-refractivity contribution < 1.29 is 8.42 Å². The average molecular weight is 253 g/mol. The molecule has 4 heteroatoms. The third-order valence-corrected chi connectivity index (χ3v) is 5.96. The van der Waals surface area contributed by atoms with Crippen molar-refractivity contribution in [2.75, 3.05) is 11.9 Å². The zero-order valence-electron chi connectivity index (χ0n) is 10.7. The Morgan fingerprint density at radius 2 is 1.94 bits per heavy atom. The molecule has 1 aromatic rings. The van der Waals surface area contributed by atoms with E-state index < -0.39 is 9.84 Å². The molecule has 0 amide bonds. The molecule has 0 aliphatic carbocycles. The summed E-state index contributed by atoms with van der Waals surface area (Å²) in [6.07, 6.45) is 0. The smallest absolute Gasteiger partial charge is 0.185 e. The molecule has 2 rings (SSSR count). The summed E-state index contributed by atoms with van der Waals surface area (Å²) < 4.78 is 25.1. The van der Waals surface area contributed by atoms with Gasteiger partial charge in [0.15, 0.2) is 9.84 Å². The van der Waals surface area contributed by atoms with Gasteiger partial charge >= 0.3 is 0 Å². The molecule has 1 aromatic carbocycles. The van der Waals surface area contributed by atoms with E-state index in [1.807, 2.05) is 39.8 Å². The minimum Gasteiger partial charge on any atom is -0.383 e. The standard InChI is InChI=1S/C13H19NO2S/c1-8(2)12-7-14-11-6-9(3)5-10(4)13(11)17(12,15)16/h5-6,8,12,14H,7H2,1-4H3. The highest BCUT2D eigenvalue weighted by molar-refractivity contribution is 7.92. The second-order valence-electron chi connectivity index (χ2n) is 5.17. The van der Waals surface area contributed by atoms with Crippen LogP contribution in [0.5, 0.6) is 0 Å². The number of sulfone groups is 1. The van der Waals surface area contributed by atoms with Gasteiger partial charge in [-0.2, -0.15) is 0 Å². The van der Waals surface area contributed by atoms with Crippen LogP contribution >= 0.6 is 0 Å².